The van der Waals surface area contributed by atoms with Crippen molar-refractivity contribution in [3.8, 4) is 0 Å². The van der Waals surface area contributed by atoms with Gasteiger partial charge in [-0.15, -0.1) is 0 Å². The summed E-state index contributed by atoms with van der Waals surface area (Å²) in [6.07, 6.45) is 2.95. The lowest BCUT2D eigenvalue weighted by molar-refractivity contribution is -0.104. The van der Waals surface area contributed by atoms with Crippen LogP contribution in [0.3, 0.4) is 0 Å². The van der Waals surface area contributed by atoms with Crippen LogP contribution in [0.25, 0.3) is 0 Å². The average Bonchev–Trinajstić information content (AvgIpc) is 2.12. The Balaban J connectivity index is 1.45. The van der Waals surface area contributed by atoms with Crippen LogP contribution in [0.2, 0.25) is 0 Å². The third-order valence-electron chi connectivity index (χ3n) is 4.96. The monoisotopic (exact) mass is 254 g/mol. The summed E-state index contributed by atoms with van der Waals surface area (Å²) in [6.45, 7) is 12.4. The summed E-state index contributed by atoms with van der Waals surface area (Å²) < 4.78 is 0. The predicted molar refractivity (Wildman–Crippen MR) is 75.7 cm³/mol. The molecule has 0 aromatic rings. The number of hydrogen-bond acceptors (Lipinski definition) is 3. The third-order valence-corrected chi connectivity index (χ3v) is 5.94. The molecule has 0 N–H and O–H groups in total. The van der Waals surface area contributed by atoms with E-state index in [-0.39, 0.29) is 0 Å². The highest BCUT2D eigenvalue weighted by Crippen LogP contribution is 2.44. The topological polar surface area (TPSA) is 6.48 Å². The maximum atomic E-state index is 2.75. The van der Waals surface area contributed by atoms with Crippen LogP contribution in [0.4, 0.5) is 0 Å². The molecule has 3 saturated heterocycles. The van der Waals surface area contributed by atoms with Crippen LogP contribution in [0, 0.1) is 5.41 Å². The molecule has 0 radical (unpaired) electrons. The molecule has 0 aromatic carbocycles. The fourth-order valence-electron chi connectivity index (χ4n) is 3.43. The van der Waals surface area contributed by atoms with Crippen molar-refractivity contribution in [2.75, 3.05) is 37.7 Å². The van der Waals surface area contributed by atoms with Crippen molar-refractivity contribution in [1.29, 1.82) is 0 Å². The summed E-state index contributed by atoms with van der Waals surface area (Å²) in [5, 5.41) is 0. The van der Waals surface area contributed by atoms with Crippen molar-refractivity contribution in [3.05, 3.63) is 0 Å². The number of nitrogens with zero attached hydrogens (tertiary/aromatic N) is 2. The summed E-state index contributed by atoms with van der Waals surface area (Å²) in [6, 6.07) is 0.870. The van der Waals surface area contributed by atoms with Crippen LogP contribution >= 0.6 is 11.8 Å². The van der Waals surface area contributed by atoms with E-state index < -0.39 is 0 Å². The van der Waals surface area contributed by atoms with Gasteiger partial charge in [-0.3, -0.25) is 9.80 Å². The fraction of sp³-hybridized carbons (Fsp3) is 1.00. The van der Waals surface area contributed by atoms with Crippen LogP contribution in [0.1, 0.15) is 33.6 Å². The maximum absolute atomic E-state index is 2.75. The summed E-state index contributed by atoms with van der Waals surface area (Å²) in [4.78, 5) is 5.36. The molecule has 3 aliphatic rings. The minimum Gasteiger partial charge on any atom is -0.297 e. The number of likely N-dealkylation sites (tertiary alicyclic amines) is 2. The van der Waals surface area contributed by atoms with E-state index in [2.05, 4.69) is 42.3 Å². The zero-order chi connectivity index (χ0) is 12.1. The molecule has 0 saturated carbocycles. The van der Waals surface area contributed by atoms with Crippen LogP contribution in [0.5, 0.6) is 0 Å². The van der Waals surface area contributed by atoms with E-state index >= 15 is 0 Å². The average molecular weight is 254 g/mol. The van der Waals surface area contributed by atoms with Gasteiger partial charge in [0.25, 0.3) is 0 Å². The lowest BCUT2D eigenvalue weighted by Gasteiger charge is -2.60. The van der Waals surface area contributed by atoms with E-state index in [0.717, 1.165) is 11.5 Å². The van der Waals surface area contributed by atoms with Crippen molar-refractivity contribution < 1.29 is 0 Å². The molecule has 3 rings (SSSR count). The van der Waals surface area contributed by atoms with Gasteiger partial charge in [0.1, 0.15) is 0 Å². The molecular formula is C14H26N2S. The van der Waals surface area contributed by atoms with Crippen LogP contribution in [0.15, 0.2) is 0 Å². The van der Waals surface area contributed by atoms with Crippen molar-refractivity contribution in [3.63, 3.8) is 0 Å². The summed E-state index contributed by atoms with van der Waals surface area (Å²) in [7, 11) is 0. The first-order valence-corrected chi connectivity index (χ1v) is 8.21. The summed E-state index contributed by atoms with van der Waals surface area (Å²) >= 11 is 2.15. The highest BCUT2D eigenvalue weighted by molar-refractivity contribution is 7.99. The molecular weight excluding hydrogens is 228 g/mol. The first-order valence-electron chi connectivity index (χ1n) is 7.05. The molecule has 3 aliphatic heterocycles. The van der Waals surface area contributed by atoms with Gasteiger partial charge in [0.05, 0.1) is 0 Å². The lowest BCUT2D eigenvalue weighted by atomic mass is 9.73. The normalized spacial score (nSPS) is 31.2. The Morgan fingerprint density at radius 3 is 2.18 bits per heavy atom. The SMILES string of the molecule is CC(C)(C)N1CC(N2CC3(CCSCC3)C2)C1. The second kappa shape index (κ2) is 4.14. The minimum absolute atomic E-state index is 0.376. The van der Waals surface area contributed by atoms with Gasteiger partial charge in [-0.2, -0.15) is 11.8 Å². The quantitative estimate of drug-likeness (QED) is 0.709. The van der Waals surface area contributed by atoms with Crippen molar-refractivity contribution in [1.82, 2.24) is 9.80 Å². The van der Waals surface area contributed by atoms with E-state index in [4.69, 9.17) is 0 Å². The van der Waals surface area contributed by atoms with Gasteiger partial charge in [0.15, 0.2) is 0 Å². The van der Waals surface area contributed by atoms with Gasteiger partial charge in [-0.25, -0.2) is 0 Å². The molecule has 2 nitrogen and oxygen atoms in total. The van der Waals surface area contributed by atoms with Crippen molar-refractivity contribution in [2.45, 2.75) is 45.2 Å². The largest absolute Gasteiger partial charge is 0.297 e. The van der Waals surface area contributed by atoms with E-state index in [1.165, 1.54) is 50.5 Å². The van der Waals surface area contributed by atoms with E-state index in [1.54, 1.807) is 0 Å². The van der Waals surface area contributed by atoms with Crippen molar-refractivity contribution >= 4 is 11.8 Å². The highest BCUT2D eigenvalue weighted by Gasteiger charge is 2.49. The standard InChI is InChI=1S/C14H26N2S/c1-13(2,3)16-8-12(9-16)15-10-14(11-15)4-6-17-7-5-14/h12H,4-11H2,1-3H3. The molecule has 3 heteroatoms. The molecule has 3 heterocycles. The van der Waals surface area contributed by atoms with Gasteiger partial charge in [-0.05, 0) is 50.5 Å². The molecule has 0 bridgehead atoms. The van der Waals surface area contributed by atoms with Gasteiger partial charge in [-0.1, -0.05) is 0 Å². The Labute approximate surface area is 110 Å². The maximum Gasteiger partial charge on any atom is 0.0351 e. The van der Waals surface area contributed by atoms with Crippen molar-refractivity contribution in [2.24, 2.45) is 5.41 Å². The number of thioether (sulfide) groups is 1. The summed E-state index contributed by atoms with van der Waals surface area (Å²) in [5.74, 6) is 2.82. The molecule has 98 valence electrons. The molecule has 0 atom stereocenters. The zero-order valence-corrected chi connectivity index (χ0v) is 12.4. The van der Waals surface area contributed by atoms with E-state index in [9.17, 15) is 0 Å². The molecule has 0 aliphatic carbocycles. The third kappa shape index (κ3) is 2.26. The Morgan fingerprint density at radius 1 is 1.06 bits per heavy atom. The smallest absolute Gasteiger partial charge is 0.0351 e. The minimum atomic E-state index is 0.376. The first-order chi connectivity index (χ1) is 7.99. The van der Waals surface area contributed by atoms with Gasteiger partial charge < -0.3 is 0 Å². The predicted octanol–water partition coefficient (Wildman–Crippen LogP) is 2.30. The molecule has 0 amide bonds. The first kappa shape index (κ1) is 12.3. The zero-order valence-electron chi connectivity index (χ0n) is 11.5. The number of rotatable bonds is 1. The Hall–Kier alpha value is 0.270. The van der Waals surface area contributed by atoms with Crippen LogP contribution < -0.4 is 0 Å². The summed E-state index contributed by atoms with van der Waals surface area (Å²) in [5.41, 5.74) is 1.12. The molecule has 0 aromatic heterocycles. The molecule has 3 fully saturated rings. The van der Waals surface area contributed by atoms with Crippen LogP contribution in [-0.2, 0) is 0 Å². The number of hydrogen-bond donors (Lipinski definition) is 0. The van der Waals surface area contributed by atoms with Gasteiger partial charge in [0, 0.05) is 37.8 Å². The fourth-order valence-corrected chi connectivity index (χ4v) is 4.79. The molecule has 17 heavy (non-hydrogen) atoms. The Kier molecular flexibility index (Phi) is 3.00. The van der Waals surface area contributed by atoms with E-state index in [1.807, 2.05) is 0 Å². The molecule has 1 spiro atoms. The Morgan fingerprint density at radius 2 is 1.65 bits per heavy atom. The van der Waals surface area contributed by atoms with Crippen LogP contribution in [-0.4, -0.2) is 59.1 Å². The lowest BCUT2D eigenvalue weighted by Crippen LogP contribution is -2.71. The van der Waals surface area contributed by atoms with Gasteiger partial charge >= 0.3 is 0 Å². The Bertz CT molecular complexity index is 277. The van der Waals surface area contributed by atoms with Gasteiger partial charge in [0.2, 0.25) is 0 Å². The molecule has 0 unspecified atom stereocenters. The van der Waals surface area contributed by atoms with E-state index in [0.29, 0.717) is 5.54 Å². The second-order valence-electron chi connectivity index (χ2n) is 7.25. The second-order valence-corrected chi connectivity index (χ2v) is 8.47. The highest BCUT2D eigenvalue weighted by atomic mass is 32.2.